The van der Waals surface area contributed by atoms with E-state index in [1.54, 1.807) is 14.2 Å². The number of ether oxygens (including phenoxy) is 2. The predicted molar refractivity (Wildman–Crippen MR) is 97.2 cm³/mol. The third-order valence-corrected chi connectivity index (χ3v) is 3.84. The standard InChI is InChI=1S/C18H28F3N3O2/c1-6-22-16(23-10-9-18(19,20)21)24-12-17(2,3)13-7-8-14(25-4)15(11-13)26-5/h7-8,11H,6,9-10,12H2,1-5H3,(H2,22,23,24). The van der Waals surface area contributed by atoms with Crippen molar-refractivity contribution < 1.29 is 22.6 Å². The molecule has 0 spiro atoms. The Morgan fingerprint density at radius 3 is 2.27 bits per heavy atom. The van der Waals surface area contributed by atoms with Crippen LogP contribution in [-0.2, 0) is 5.41 Å². The van der Waals surface area contributed by atoms with Crippen molar-refractivity contribution in [3.63, 3.8) is 0 Å². The number of halogens is 3. The molecule has 1 aromatic carbocycles. The normalized spacial score (nSPS) is 12.7. The van der Waals surface area contributed by atoms with Gasteiger partial charge in [-0.05, 0) is 24.6 Å². The van der Waals surface area contributed by atoms with Crippen molar-refractivity contribution >= 4 is 5.96 Å². The Balaban J connectivity index is 2.85. The highest BCUT2D eigenvalue weighted by Crippen LogP contribution is 2.33. The van der Waals surface area contributed by atoms with E-state index >= 15 is 0 Å². The summed E-state index contributed by atoms with van der Waals surface area (Å²) in [5, 5.41) is 5.68. The maximum atomic E-state index is 12.3. The monoisotopic (exact) mass is 375 g/mol. The van der Waals surface area contributed by atoms with E-state index in [1.807, 2.05) is 39.0 Å². The van der Waals surface area contributed by atoms with E-state index < -0.39 is 12.6 Å². The lowest BCUT2D eigenvalue weighted by molar-refractivity contribution is -0.132. The van der Waals surface area contributed by atoms with Gasteiger partial charge in [0.25, 0.3) is 0 Å². The van der Waals surface area contributed by atoms with Crippen LogP contribution in [0, 0.1) is 0 Å². The summed E-state index contributed by atoms with van der Waals surface area (Å²) in [6.07, 6.45) is -5.10. The molecular weight excluding hydrogens is 347 g/mol. The number of nitrogens with zero attached hydrogens (tertiary/aromatic N) is 1. The number of aliphatic imine (C=N–C) groups is 1. The highest BCUT2D eigenvalue weighted by Gasteiger charge is 2.26. The molecule has 0 unspecified atom stereocenters. The first-order valence-corrected chi connectivity index (χ1v) is 8.44. The molecule has 0 saturated heterocycles. The maximum absolute atomic E-state index is 12.3. The van der Waals surface area contributed by atoms with Gasteiger partial charge in [-0.15, -0.1) is 0 Å². The Morgan fingerprint density at radius 2 is 1.73 bits per heavy atom. The molecular formula is C18H28F3N3O2. The van der Waals surface area contributed by atoms with Gasteiger partial charge in [-0.2, -0.15) is 13.2 Å². The molecule has 1 aromatic rings. The lowest BCUT2D eigenvalue weighted by Gasteiger charge is -2.25. The molecule has 26 heavy (non-hydrogen) atoms. The third kappa shape index (κ3) is 7.01. The van der Waals surface area contributed by atoms with E-state index in [9.17, 15) is 13.2 Å². The van der Waals surface area contributed by atoms with Crippen molar-refractivity contribution in [2.24, 2.45) is 4.99 Å². The van der Waals surface area contributed by atoms with Gasteiger partial charge >= 0.3 is 6.18 Å². The Morgan fingerprint density at radius 1 is 1.08 bits per heavy atom. The van der Waals surface area contributed by atoms with Crippen LogP contribution in [0.3, 0.4) is 0 Å². The number of benzene rings is 1. The second kappa shape index (κ2) is 9.54. The van der Waals surface area contributed by atoms with Crippen molar-refractivity contribution in [2.75, 3.05) is 33.9 Å². The summed E-state index contributed by atoms with van der Waals surface area (Å²) in [5.41, 5.74) is 0.649. The molecule has 1 rings (SSSR count). The number of hydrogen-bond acceptors (Lipinski definition) is 3. The number of rotatable bonds is 8. The zero-order valence-electron chi connectivity index (χ0n) is 16.0. The number of guanidine groups is 1. The minimum Gasteiger partial charge on any atom is -0.493 e. The summed E-state index contributed by atoms with van der Waals surface area (Å²) in [5.74, 6) is 1.63. The fraction of sp³-hybridized carbons (Fsp3) is 0.611. The van der Waals surface area contributed by atoms with Gasteiger partial charge in [0, 0.05) is 18.5 Å². The average molecular weight is 375 g/mol. The van der Waals surface area contributed by atoms with Gasteiger partial charge < -0.3 is 20.1 Å². The van der Waals surface area contributed by atoms with Crippen LogP contribution >= 0.6 is 0 Å². The van der Waals surface area contributed by atoms with Gasteiger partial charge in [0.1, 0.15) is 0 Å². The maximum Gasteiger partial charge on any atom is 0.390 e. The molecule has 148 valence electrons. The van der Waals surface area contributed by atoms with Crippen LogP contribution in [0.5, 0.6) is 11.5 Å². The molecule has 0 aliphatic heterocycles. The number of hydrogen-bond donors (Lipinski definition) is 2. The number of alkyl halides is 3. The molecule has 8 heteroatoms. The molecule has 0 bridgehead atoms. The van der Waals surface area contributed by atoms with Crippen LogP contribution in [0.4, 0.5) is 13.2 Å². The summed E-state index contributed by atoms with van der Waals surface area (Å²) >= 11 is 0. The van der Waals surface area contributed by atoms with Crippen molar-refractivity contribution in [3.8, 4) is 11.5 Å². The summed E-state index contributed by atoms with van der Waals surface area (Å²) < 4.78 is 47.5. The van der Waals surface area contributed by atoms with E-state index in [2.05, 4.69) is 15.6 Å². The highest BCUT2D eigenvalue weighted by molar-refractivity contribution is 5.79. The summed E-state index contributed by atoms with van der Waals surface area (Å²) in [6, 6.07) is 5.64. The zero-order valence-corrected chi connectivity index (χ0v) is 16.0. The smallest absolute Gasteiger partial charge is 0.390 e. The molecule has 0 atom stereocenters. The van der Waals surface area contributed by atoms with Gasteiger partial charge in [0.2, 0.25) is 0 Å². The summed E-state index contributed by atoms with van der Waals surface area (Å²) in [7, 11) is 3.14. The number of nitrogens with one attached hydrogen (secondary N) is 2. The van der Waals surface area contributed by atoms with Crippen molar-refractivity contribution in [1.29, 1.82) is 0 Å². The van der Waals surface area contributed by atoms with Crippen molar-refractivity contribution in [3.05, 3.63) is 23.8 Å². The lowest BCUT2D eigenvalue weighted by atomic mass is 9.84. The van der Waals surface area contributed by atoms with E-state index in [0.29, 0.717) is 30.5 Å². The molecule has 0 saturated carbocycles. The average Bonchev–Trinajstić information content (AvgIpc) is 2.58. The highest BCUT2D eigenvalue weighted by atomic mass is 19.4. The van der Waals surface area contributed by atoms with E-state index in [1.165, 1.54) is 0 Å². The van der Waals surface area contributed by atoms with Gasteiger partial charge in [0.15, 0.2) is 17.5 Å². The molecule has 2 N–H and O–H groups in total. The first kappa shape index (κ1) is 21.9. The Kier molecular flexibility index (Phi) is 8.05. The van der Waals surface area contributed by atoms with E-state index in [-0.39, 0.29) is 12.0 Å². The molecule has 0 aromatic heterocycles. The van der Waals surface area contributed by atoms with Crippen LogP contribution in [0.15, 0.2) is 23.2 Å². The fourth-order valence-electron chi connectivity index (χ4n) is 2.29. The molecule has 5 nitrogen and oxygen atoms in total. The fourth-order valence-corrected chi connectivity index (χ4v) is 2.29. The second-order valence-electron chi connectivity index (χ2n) is 6.44. The Bertz CT molecular complexity index is 602. The zero-order chi connectivity index (χ0) is 19.8. The molecule has 0 aliphatic carbocycles. The van der Waals surface area contributed by atoms with Gasteiger partial charge in [-0.3, -0.25) is 4.99 Å². The molecule has 0 radical (unpaired) electrons. The van der Waals surface area contributed by atoms with Crippen LogP contribution in [0.2, 0.25) is 0 Å². The summed E-state index contributed by atoms with van der Waals surface area (Å²) in [6.45, 7) is 6.62. The van der Waals surface area contributed by atoms with Gasteiger partial charge in [0.05, 0.1) is 27.2 Å². The minimum atomic E-state index is -4.19. The first-order chi connectivity index (χ1) is 12.1. The largest absolute Gasteiger partial charge is 0.493 e. The van der Waals surface area contributed by atoms with Crippen LogP contribution < -0.4 is 20.1 Å². The summed E-state index contributed by atoms with van der Waals surface area (Å²) in [4.78, 5) is 4.43. The van der Waals surface area contributed by atoms with Crippen molar-refractivity contribution in [1.82, 2.24) is 10.6 Å². The van der Waals surface area contributed by atoms with Crippen molar-refractivity contribution in [2.45, 2.75) is 38.8 Å². The van der Waals surface area contributed by atoms with Gasteiger partial charge in [-0.1, -0.05) is 19.9 Å². The second-order valence-corrected chi connectivity index (χ2v) is 6.44. The molecule has 0 heterocycles. The lowest BCUT2D eigenvalue weighted by Crippen LogP contribution is -2.40. The minimum absolute atomic E-state index is 0.216. The SMILES string of the molecule is CCNC(=NCC(C)(C)c1ccc(OC)c(OC)c1)NCCC(F)(F)F. The third-order valence-electron chi connectivity index (χ3n) is 3.84. The molecule has 0 fully saturated rings. The molecule has 0 aliphatic rings. The van der Waals surface area contributed by atoms with Crippen LogP contribution in [0.25, 0.3) is 0 Å². The number of methoxy groups -OCH3 is 2. The first-order valence-electron chi connectivity index (χ1n) is 8.44. The quantitative estimate of drug-likeness (QED) is 0.540. The topological polar surface area (TPSA) is 54.9 Å². The van der Waals surface area contributed by atoms with E-state index in [4.69, 9.17) is 9.47 Å². The Hall–Kier alpha value is -2.12. The van der Waals surface area contributed by atoms with Gasteiger partial charge in [-0.25, -0.2) is 0 Å². The predicted octanol–water partition coefficient (Wildman–Crippen LogP) is 3.49. The Labute approximate surface area is 153 Å². The van der Waals surface area contributed by atoms with E-state index in [0.717, 1.165) is 5.56 Å². The van der Waals surface area contributed by atoms with Crippen LogP contribution in [-0.4, -0.2) is 46.0 Å². The molecule has 0 amide bonds. The van der Waals surface area contributed by atoms with Crippen LogP contribution in [0.1, 0.15) is 32.8 Å².